The van der Waals surface area contributed by atoms with E-state index in [1.807, 2.05) is 31.2 Å². The van der Waals surface area contributed by atoms with Crippen molar-refractivity contribution < 1.29 is 14.6 Å². The summed E-state index contributed by atoms with van der Waals surface area (Å²) in [5.74, 6) is -0.716. The summed E-state index contributed by atoms with van der Waals surface area (Å²) in [6.07, 6.45) is 0. The normalized spacial score (nSPS) is 10.4. The average Bonchev–Trinajstić information content (AvgIpc) is 3.10. The fourth-order valence-corrected chi connectivity index (χ4v) is 3.01. The first kappa shape index (κ1) is 18.1. The van der Waals surface area contributed by atoms with E-state index in [-0.39, 0.29) is 10.7 Å². The number of amides is 1. The Bertz CT molecular complexity index is 1010. The number of hydrogen-bond acceptors (Lipinski definition) is 7. The van der Waals surface area contributed by atoms with Gasteiger partial charge in [0.05, 0.1) is 27.2 Å². The number of nitro groups is 2. The predicted molar refractivity (Wildman–Crippen MR) is 100.0 cm³/mol. The topological polar surface area (TPSA) is 128 Å². The molecule has 10 heteroatoms. The molecule has 1 aromatic heterocycles. The quantitative estimate of drug-likeness (QED) is 0.519. The number of nitro benzene ring substituents is 2. The van der Waals surface area contributed by atoms with E-state index in [0.29, 0.717) is 5.69 Å². The summed E-state index contributed by atoms with van der Waals surface area (Å²) in [5.41, 5.74) is 1.39. The number of non-ortho nitro benzene ring substituents is 2. The van der Waals surface area contributed by atoms with Crippen LogP contribution < -0.4 is 5.32 Å². The van der Waals surface area contributed by atoms with Crippen LogP contribution in [-0.2, 0) is 0 Å². The molecule has 27 heavy (non-hydrogen) atoms. The van der Waals surface area contributed by atoms with Crippen LogP contribution in [0, 0.1) is 27.2 Å². The van der Waals surface area contributed by atoms with Gasteiger partial charge in [-0.1, -0.05) is 29.8 Å². The summed E-state index contributed by atoms with van der Waals surface area (Å²) in [6.45, 7) is 1.97. The van der Waals surface area contributed by atoms with Crippen LogP contribution in [0.25, 0.3) is 11.3 Å². The maximum absolute atomic E-state index is 12.4. The van der Waals surface area contributed by atoms with Crippen LogP contribution in [0.2, 0.25) is 0 Å². The molecule has 0 fully saturated rings. The number of nitrogens with one attached hydrogen (secondary N) is 1. The highest BCUT2D eigenvalue weighted by Gasteiger charge is 2.20. The van der Waals surface area contributed by atoms with Crippen molar-refractivity contribution in [2.45, 2.75) is 6.92 Å². The number of rotatable bonds is 5. The lowest BCUT2D eigenvalue weighted by Crippen LogP contribution is -2.12. The Balaban J connectivity index is 1.84. The van der Waals surface area contributed by atoms with E-state index in [0.717, 1.165) is 29.3 Å². The first-order valence-electron chi connectivity index (χ1n) is 7.61. The maximum Gasteiger partial charge on any atom is 0.277 e. The average molecular weight is 384 g/mol. The van der Waals surface area contributed by atoms with Crippen LogP contribution >= 0.6 is 11.3 Å². The number of aryl methyl sites for hydroxylation is 1. The molecule has 0 aliphatic carbocycles. The highest BCUT2D eigenvalue weighted by molar-refractivity contribution is 7.14. The van der Waals surface area contributed by atoms with Gasteiger partial charge >= 0.3 is 0 Å². The lowest BCUT2D eigenvalue weighted by Gasteiger charge is -2.02. The fraction of sp³-hybridized carbons (Fsp3) is 0.0588. The molecule has 1 heterocycles. The number of carbonyl (C=O) groups is 1. The minimum absolute atomic E-state index is 0.192. The zero-order valence-corrected chi connectivity index (χ0v) is 14.7. The molecule has 1 N–H and O–H groups in total. The number of anilines is 1. The molecule has 0 saturated carbocycles. The van der Waals surface area contributed by atoms with Gasteiger partial charge in [-0.3, -0.25) is 30.3 Å². The largest absolute Gasteiger partial charge is 0.298 e. The molecule has 0 aliphatic rings. The van der Waals surface area contributed by atoms with Crippen LogP contribution in [0.3, 0.4) is 0 Å². The van der Waals surface area contributed by atoms with Crippen molar-refractivity contribution in [3.8, 4) is 11.3 Å². The molecule has 0 aliphatic heterocycles. The van der Waals surface area contributed by atoms with Gasteiger partial charge in [0.1, 0.15) is 0 Å². The molecule has 0 spiro atoms. The van der Waals surface area contributed by atoms with E-state index in [2.05, 4.69) is 10.3 Å². The molecule has 9 nitrogen and oxygen atoms in total. The van der Waals surface area contributed by atoms with Crippen LogP contribution in [0.4, 0.5) is 16.5 Å². The molecule has 0 bridgehead atoms. The van der Waals surface area contributed by atoms with Gasteiger partial charge in [0, 0.05) is 23.1 Å². The summed E-state index contributed by atoms with van der Waals surface area (Å²) in [6, 6.07) is 10.5. The van der Waals surface area contributed by atoms with Gasteiger partial charge in [-0.15, -0.1) is 11.3 Å². The van der Waals surface area contributed by atoms with E-state index in [1.54, 1.807) is 5.38 Å². The Morgan fingerprint density at radius 2 is 1.63 bits per heavy atom. The molecular formula is C17H12N4O5S. The van der Waals surface area contributed by atoms with Crippen molar-refractivity contribution in [2.24, 2.45) is 0 Å². The number of hydrogen-bond donors (Lipinski definition) is 1. The van der Waals surface area contributed by atoms with Crippen LogP contribution in [0.1, 0.15) is 15.9 Å². The summed E-state index contributed by atoms with van der Waals surface area (Å²) in [5, 5.41) is 26.4. The second-order valence-electron chi connectivity index (χ2n) is 5.61. The molecule has 2 aromatic carbocycles. The summed E-state index contributed by atoms with van der Waals surface area (Å²) in [4.78, 5) is 37.0. The van der Waals surface area contributed by atoms with E-state index in [9.17, 15) is 25.0 Å². The first-order valence-corrected chi connectivity index (χ1v) is 8.49. The van der Waals surface area contributed by atoms with Gasteiger partial charge in [0.2, 0.25) is 0 Å². The van der Waals surface area contributed by atoms with E-state index in [4.69, 9.17) is 0 Å². The highest BCUT2D eigenvalue weighted by atomic mass is 32.1. The maximum atomic E-state index is 12.4. The lowest BCUT2D eigenvalue weighted by atomic mass is 10.1. The molecule has 3 aromatic rings. The molecule has 0 radical (unpaired) electrons. The van der Waals surface area contributed by atoms with Crippen molar-refractivity contribution in [1.29, 1.82) is 0 Å². The molecule has 0 saturated heterocycles. The third-order valence-electron chi connectivity index (χ3n) is 3.66. The molecule has 0 atom stereocenters. The second-order valence-corrected chi connectivity index (χ2v) is 6.47. The van der Waals surface area contributed by atoms with Gasteiger partial charge in [-0.05, 0) is 6.92 Å². The van der Waals surface area contributed by atoms with E-state index >= 15 is 0 Å². The third kappa shape index (κ3) is 4.12. The Hall–Kier alpha value is -3.66. The fourth-order valence-electron chi connectivity index (χ4n) is 2.29. The van der Waals surface area contributed by atoms with Gasteiger partial charge in [-0.25, -0.2) is 4.98 Å². The molecule has 136 valence electrons. The predicted octanol–water partition coefficient (Wildman–Crippen LogP) is 4.19. The zero-order valence-electron chi connectivity index (χ0n) is 13.9. The van der Waals surface area contributed by atoms with E-state index < -0.39 is 27.1 Å². The summed E-state index contributed by atoms with van der Waals surface area (Å²) < 4.78 is 0. The Kier molecular flexibility index (Phi) is 4.90. The minimum atomic E-state index is -0.789. The number of thiazole rings is 1. The van der Waals surface area contributed by atoms with E-state index in [1.165, 1.54) is 11.3 Å². The van der Waals surface area contributed by atoms with Crippen LogP contribution in [-0.4, -0.2) is 20.7 Å². The minimum Gasteiger partial charge on any atom is -0.298 e. The van der Waals surface area contributed by atoms with Gasteiger partial charge in [-0.2, -0.15) is 0 Å². The van der Waals surface area contributed by atoms with Gasteiger partial charge < -0.3 is 0 Å². The summed E-state index contributed by atoms with van der Waals surface area (Å²) >= 11 is 1.18. The highest BCUT2D eigenvalue weighted by Crippen LogP contribution is 2.27. The van der Waals surface area contributed by atoms with Crippen molar-refractivity contribution in [2.75, 3.05) is 5.32 Å². The van der Waals surface area contributed by atoms with Crippen molar-refractivity contribution in [3.05, 3.63) is 79.2 Å². The lowest BCUT2D eigenvalue weighted by molar-refractivity contribution is -0.394. The molecular weight excluding hydrogens is 372 g/mol. The van der Waals surface area contributed by atoms with Gasteiger partial charge in [0.15, 0.2) is 5.13 Å². The summed E-state index contributed by atoms with van der Waals surface area (Å²) in [7, 11) is 0. The zero-order chi connectivity index (χ0) is 19.6. The van der Waals surface area contributed by atoms with Crippen molar-refractivity contribution in [3.63, 3.8) is 0 Å². The van der Waals surface area contributed by atoms with Crippen LogP contribution in [0.5, 0.6) is 0 Å². The number of carbonyl (C=O) groups excluding carboxylic acids is 1. The number of benzene rings is 2. The molecule has 0 unspecified atom stereocenters. The standard InChI is InChI=1S/C17H12N4O5S/c1-10-2-4-11(5-3-10)15-9-27-17(18-15)19-16(22)12-6-13(20(23)24)8-14(7-12)21(25)26/h2-9H,1H3,(H,18,19,22). The second kappa shape index (κ2) is 7.30. The smallest absolute Gasteiger partial charge is 0.277 e. The Morgan fingerprint density at radius 1 is 1.04 bits per heavy atom. The number of aromatic nitrogens is 1. The molecule has 1 amide bonds. The monoisotopic (exact) mass is 384 g/mol. The van der Waals surface area contributed by atoms with Gasteiger partial charge in [0.25, 0.3) is 17.3 Å². The number of nitrogens with zero attached hydrogens (tertiary/aromatic N) is 3. The van der Waals surface area contributed by atoms with Crippen LogP contribution in [0.15, 0.2) is 47.8 Å². The van der Waals surface area contributed by atoms with Crippen molar-refractivity contribution >= 4 is 33.8 Å². The Labute approximate surface area is 156 Å². The molecule has 3 rings (SSSR count). The van der Waals surface area contributed by atoms with Crippen molar-refractivity contribution in [1.82, 2.24) is 4.98 Å². The Morgan fingerprint density at radius 3 is 2.19 bits per heavy atom. The SMILES string of the molecule is Cc1ccc(-c2csc(NC(=O)c3cc([N+](=O)[O-])cc([N+](=O)[O-])c3)n2)cc1. The third-order valence-corrected chi connectivity index (χ3v) is 4.42. The first-order chi connectivity index (χ1) is 12.8.